The molecule has 178 valence electrons. The lowest BCUT2D eigenvalue weighted by Crippen LogP contribution is -2.17. The summed E-state index contributed by atoms with van der Waals surface area (Å²) in [6, 6.07) is 7.72. The van der Waals surface area contributed by atoms with E-state index in [1.54, 1.807) is 0 Å². The van der Waals surface area contributed by atoms with Gasteiger partial charge in [0, 0.05) is 17.4 Å². The fraction of sp³-hybridized carbons (Fsp3) is 0.708. The van der Waals surface area contributed by atoms with E-state index in [0.717, 1.165) is 36.0 Å². The summed E-state index contributed by atoms with van der Waals surface area (Å²) in [7, 11) is -0.978. The van der Waals surface area contributed by atoms with Crippen LogP contribution in [-0.2, 0) is 13.8 Å². The predicted octanol–water partition coefficient (Wildman–Crippen LogP) is 7.96. The van der Waals surface area contributed by atoms with Crippen molar-refractivity contribution >= 4 is 36.1 Å². The Morgan fingerprint density at radius 3 is 1.94 bits per heavy atom. The normalized spacial score (nSPS) is 11.6. The summed E-state index contributed by atoms with van der Waals surface area (Å²) in [5.74, 6) is 0.0989. The maximum absolute atomic E-state index is 12.0. The molecule has 0 fully saturated rings. The molecule has 1 aromatic carbocycles. The Hall–Kier alpha value is -0.520. The first-order valence-electron chi connectivity index (χ1n) is 11.8. The fourth-order valence-electron chi connectivity index (χ4n) is 3.08. The zero-order valence-corrected chi connectivity index (χ0v) is 22.3. The Morgan fingerprint density at radius 2 is 1.39 bits per heavy atom. The first-order valence-corrected chi connectivity index (χ1v) is 13.8. The summed E-state index contributed by atoms with van der Waals surface area (Å²) in [6.45, 7) is 9.12. The molecule has 1 aromatic rings. The molecule has 0 radical (unpaired) electrons. The number of benzene rings is 1. The third-order valence-electron chi connectivity index (χ3n) is 4.58. The highest BCUT2D eigenvalue weighted by Crippen LogP contribution is 2.36. The molecular weight excluding hydrogens is 475 g/mol. The zero-order chi connectivity index (χ0) is 22.9. The van der Waals surface area contributed by atoms with E-state index in [4.69, 9.17) is 9.05 Å². The van der Waals surface area contributed by atoms with Crippen LogP contribution in [0.25, 0.3) is 0 Å². The molecule has 0 spiro atoms. The SMILES string of the molecule is CC(C)OP(NCCCCCCCCCCCC(=O)Nc1ccccc1Br)OC(C)C. The van der Waals surface area contributed by atoms with Gasteiger partial charge in [0.15, 0.2) is 0 Å². The van der Waals surface area contributed by atoms with Gasteiger partial charge in [-0.3, -0.25) is 9.88 Å². The molecule has 0 aliphatic heterocycles. The van der Waals surface area contributed by atoms with Gasteiger partial charge in [-0.15, -0.1) is 0 Å². The number of hydrogen-bond donors (Lipinski definition) is 2. The van der Waals surface area contributed by atoms with Crippen LogP contribution in [0.3, 0.4) is 0 Å². The molecule has 1 rings (SSSR count). The number of anilines is 1. The van der Waals surface area contributed by atoms with Crippen molar-refractivity contribution < 1.29 is 13.8 Å². The number of para-hydroxylation sites is 1. The van der Waals surface area contributed by atoms with Gasteiger partial charge in [0.05, 0.1) is 17.9 Å². The molecule has 0 aliphatic carbocycles. The van der Waals surface area contributed by atoms with Crippen LogP contribution in [0.15, 0.2) is 28.7 Å². The van der Waals surface area contributed by atoms with Crippen LogP contribution in [0.2, 0.25) is 0 Å². The average molecular weight is 517 g/mol. The topological polar surface area (TPSA) is 59.6 Å². The smallest absolute Gasteiger partial charge is 0.256 e. The van der Waals surface area contributed by atoms with Crippen molar-refractivity contribution in [2.75, 3.05) is 11.9 Å². The van der Waals surface area contributed by atoms with E-state index in [0.29, 0.717) is 6.42 Å². The Bertz CT molecular complexity index is 592. The molecule has 0 saturated carbocycles. The minimum absolute atomic E-state index is 0.0989. The van der Waals surface area contributed by atoms with Crippen molar-refractivity contribution in [2.24, 2.45) is 0 Å². The average Bonchev–Trinajstić information content (AvgIpc) is 2.69. The van der Waals surface area contributed by atoms with Gasteiger partial charge in [0.25, 0.3) is 8.53 Å². The van der Waals surface area contributed by atoms with Crippen LogP contribution in [0, 0.1) is 0 Å². The highest BCUT2D eigenvalue weighted by molar-refractivity contribution is 9.10. The summed E-state index contributed by atoms with van der Waals surface area (Å²) in [6.07, 6.45) is 11.8. The van der Waals surface area contributed by atoms with Gasteiger partial charge < -0.3 is 14.4 Å². The van der Waals surface area contributed by atoms with Crippen LogP contribution in [-0.4, -0.2) is 24.7 Å². The first kappa shape index (κ1) is 28.5. The Morgan fingerprint density at radius 1 is 0.871 bits per heavy atom. The van der Waals surface area contributed by atoms with Gasteiger partial charge in [0.1, 0.15) is 0 Å². The highest BCUT2D eigenvalue weighted by atomic mass is 79.9. The Labute approximate surface area is 199 Å². The number of amides is 1. The second-order valence-electron chi connectivity index (χ2n) is 8.43. The van der Waals surface area contributed by atoms with E-state index in [-0.39, 0.29) is 18.1 Å². The van der Waals surface area contributed by atoms with Crippen molar-refractivity contribution in [2.45, 2.75) is 104 Å². The van der Waals surface area contributed by atoms with Gasteiger partial charge in [0.2, 0.25) is 5.91 Å². The van der Waals surface area contributed by atoms with E-state index in [1.165, 1.54) is 38.5 Å². The summed E-state index contributed by atoms with van der Waals surface area (Å²) < 4.78 is 12.5. The van der Waals surface area contributed by atoms with E-state index < -0.39 is 8.53 Å². The van der Waals surface area contributed by atoms with E-state index in [9.17, 15) is 4.79 Å². The van der Waals surface area contributed by atoms with Gasteiger partial charge in [-0.1, -0.05) is 57.1 Å². The van der Waals surface area contributed by atoms with Crippen molar-refractivity contribution in [3.63, 3.8) is 0 Å². The van der Waals surface area contributed by atoms with Crippen LogP contribution < -0.4 is 10.4 Å². The molecule has 0 heterocycles. The molecule has 1 amide bonds. The second kappa shape index (κ2) is 18.0. The maximum atomic E-state index is 12.0. The van der Waals surface area contributed by atoms with Gasteiger partial charge in [-0.05, 0) is 68.6 Å². The molecular formula is C24H42BrN2O3P. The highest BCUT2D eigenvalue weighted by Gasteiger charge is 2.13. The lowest BCUT2D eigenvalue weighted by atomic mass is 10.1. The molecule has 0 aromatic heterocycles. The number of halogens is 1. The van der Waals surface area contributed by atoms with Crippen LogP contribution in [0.5, 0.6) is 0 Å². The molecule has 31 heavy (non-hydrogen) atoms. The van der Waals surface area contributed by atoms with Crippen molar-refractivity contribution in [1.29, 1.82) is 0 Å². The van der Waals surface area contributed by atoms with Gasteiger partial charge in [-0.25, -0.2) is 0 Å². The number of carbonyl (C=O) groups excluding carboxylic acids is 1. The minimum atomic E-state index is -0.978. The molecule has 0 aliphatic rings. The van der Waals surface area contributed by atoms with Gasteiger partial charge in [-0.2, -0.15) is 0 Å². The number of nitrogens with one attached hydrogen (secondary N) is 2. The maximum Gasteiger partial charge on any atom is 0.256 e. The number of hydrogen-bond acceptors (Lipinski definition) is 4. The molecule has 0 saturated heterocycles. The van der Waals surface area contributed by atoms with Crippen LogP contribution >= 0.6 is 24.5 Å². The summed E-state index contributed by atoms with van der Waals surface area (Å²) in [5.41, 5.74) is 0.846. The Kier molecular flexibility index (Phi) is 16.5. The van der Waals surface area contributed by atoms with Gasteiger partial charge >= 0.3 is 0 Å². The van der Waals surface area contributed by atoms with Crippen molar-refractivity contribution in [3.8, 4) is 0 Å². The summed E-state index contributed by atoms with van der Waals surface area (Å²) in [5, 5.41) is 6.39. The second-order valence-corrected chi connectivity index (χ2v) is 10.5. The molecule has 2 N–H and O–H groups in total. The quantitative estimate of drug-likeness (QED) is 0.153. The van der Waals surface area contributed by atoms with E-state index in [1.807, 2.05) is 52.0 Å². The van der Waals surface area contributed by atoms with Crippen molar-refractivity contribution in [1.82, 2.24) is 5.09 Å². The summed E-state index contributed by atoms with van der Waals surface area (Å²) in [4.78, 5) is 12.0. The van der Waals surface area contributed by atoms with E-state index in [2.05, 4.69) is 26.3 Å². The van der Waals surface area contributed by atoms with E-state index >= 15 is 0 Å². The molecule has 0 bridgehead atoms. The molecule has 0 atom stereocenters. The first-order chi connectivity index (χ1) is 14.9. The fourth-order valence-corrected chi connectivity index (χ4v) is 4.77. The third kappa shape index (κ3) is 15.8. The lowest BCUT2D eigenvalue weighted by molar-refractivity contribution is -0.116. The van der Waals surface area contributed by atoms with Crippen LogP contribution in [0.4, 0.5) is 5.69 Å². The predicted molar refractivity (Wildman–Crippen MR) is 136 cm³/mol. The molecule has 7 heteroatoms. The van der Waals surface area contributed by atoms with Crippen LogP contribution in [0.1, 0.15) is 91.9 Å². The molecule has 0 unspecified atom stereocenters. The number of rotatable bonds is 18. The zero-order valence-electron chi connectivity index (χ0n) is 19.8. The largest absolute Gasteiger partial charge is 0.325 e. The lowest BCUT2D eigenvalue weighted by Gasteiger charge is -2.22. The standard InChI is InChI=1S/C24H42BrN2O3P/c1-20(2)29-31(30-21(3)4)26-19-15-11-9-7-5-6-8-10-12-18-24(28)27-23-17-14-13-16-22(23)25/h13-14,16-17,20-21,26H,5-12,15,18-19H2,1-4H3,(H,27,28). The summed E-state index contributed by atoms with van der Waals surface area (Å²) >= 11 is 3.46. The Balaban J connectivity index is 1.93. The monoisotopic (exact) mass is 516 g/mol. The van der Waals surface area contributed by atoms with Crippen molar-refractivity contribution in [3.05, 3.63) is 28.7 Å². The molecule has 5 nitrogen and oxygen atoms in total. The number of unbranched alkanes of at least 4 members (excludes halogenated alkanes) is 8. The third-order valence-corrected chi connectivity index (χ3v) is 6.98. The minimum Gasteiger partial charge on any atom is -0.325 e. The number of carbonyl (C=O) groups is 1.